The smallest absolute Gasteiger partial charge is 0.196 e. The number of hydrogen-bond donors (Lipinski definition) is 1. The number of anilines is 1. The van der Waals surface area contributed by atoms with E-state index >= 15 is 0 Å². The van der Waals surface area contributed by atoms with Crippen molar-refractivity contribution in [1.82, 2.24) is 0 Å². The fourth-order valence-electron chi connectivity index (χ4n) is 3.47. The lowest BCUT2D eigenvalue weighted by molar-refractivity contribution is 0.103. The summed E-state index contributed by atoms with van der Waals surface area (Å²) < 4.78 is 0. The Labute approximate surface area is 170 Å². The second-order valence-electron chi connectivity index (χ2n) is 6.74. The van der Waals surface area contributed by atoms with Crippen LogP contribution in [-0.4, -0.2) is 5.78 Å². The van der Waals surface area contributed by atoms with Gasteiger partial charge in [-0.1, -0.05) is 48.9 Å². The van der Waals surface area contributed by atoms with E-state index < -0.39 is 0 Å². The fraction of sp³-hybridized carbons (Fsp3) is 0.261. The van der Waals surface area contributed by atoms with Gasteiger partial charge in [0.1, 0.15) is 0 Å². The highest BCUT2D eigenvalue weighted by Crippen LogP contribution is 2.31. The molecule has 1 atom stereocenters. The minimum Gasteiger partial charge on any atom is -0.390 e. The van der Waals surface area contributed by atoms with Gasteiger partial charge in [0.05, 0.1) is 10.6 Å². The van der Waals surface area contributed by atoms with Gasteiger partial charge in [-0.3, -0.25) is 4.79 Å². The van der Waals surface area contributed by atoms with Crippen LogP contribution in [0.4, 0.5) is 5.00 Å². The Kier molecular flexibility index (Phi) is 6.70. The molecule has 4 heteroatoms. The molecular weight excluding hydrogens is 374 g/mol. The maximum absolute atomic E-state index is 12.9. The van der Waals surface area contributed by atoms with Crippen LogP contribution in [0.1, 0.15) is 59.2 Å². The molecule has 140 valence electrons. The number of nitrogens with two attached hydrogens (primary N) is 1. The number of benzene rings is 2. The maximum atomic E-state index is 12.9. The maximum Gasteiger partial charge on any atom is 0.196 e. The topological polar surface area (TPSA) is 43.1 Å². The van der Waals surface area contributed by atoms with Crippen molar-refractivity contribution in [3.63, 3.8) is 0 Å². The number of thiophene rings is 1. The molecule has 1 aromatic heterocycles. The number of halogens is 1. The second kappa shape index (κ2) is 9.20. The van der Waals surface area contributed by atoms with Crippen LogP contribution in [0.2, 0.25) is 5.02 Å². The number of ketones is 1. The van der Waals surface area contributed by atoms with E-state index in [1.807, 2.05) is 5.38 Å². The van der Waals surface area contributed by atoms with Crippen LogP contribution in [0.3, 0.4) is 0 Å². The van der Waals surface area contributed by atoms with E-state index in [1.54, 1.807) is 24.3 Å². The van der Waals surface area contributed by atoms with Crippen LogP contribution in [0.15, 0.2) is 60.0 Å². The molecule has 2 nitrogen and oxygen atoms in total. The number of carbonyl (C=O) groups excluding carboxylic acids is 1. The third kappa shape index (κ3) is 4.79. The summed E-state index contributed by atoms with van der Waals surface area (Å²) in [6.07, 6.45) is 4.12. The van der Waals surface area contributed by atoms with E-state index in [-0.39, 0.29) is 5.78 Å². The zero-order valence-electron chi connectivity index (χ0n) is 15.5. The minimum absolute atomic E-state index is 0.0180. The van der Waals surface area contributed by atoms with Gasteiger partial charge in [0.15, 0.2) is 5.78 Å². The molecule has 27 heavy (non-hydrogen) atoms. The first-order valence-electron chi connectivity index (χ1n) is 9.31. The first kappa shape index (κ1) is 19.7. The Morgan fingerprint density at radius 1 is 1.11 bits per heavy atom. The SMILES string of the molecule is CCC(CCCc1csc(N)c1C(=O)c1ccc(Cl)cc1)c1ccccc1. The van der Waals surface area contributed by atoms with Gasteiger partial charge >= 0.3 is 0 Å². The zero-order valence-corrected chi connectivity index (χ0v) is 17.0. The quantitative estimate of drug-likeness (QED) is 0.428. The molecule has 0 bridgehead atoms. The average molecular weight is 398 g/mol. The Bertz CT molecular complexity index is 887. The lowest BCUT2D eigenvalue weighted by Crippen LogP contribution is -2.06. The highest BCUT2D eigenvalue weighted by Gasteiger charge is 2.19. The summed E-state index contributed by atoms with van der Waals surface area (Å²) in [6, 6.07) is 17.6. The van der Waals surface area contributed by atoms with Gasteiger partial charge in [0.25, 0.3) is 0 Å². The molecule has 2 aromatic carbocycles. The van der Waals surface area contributed by atoms with Crippen LogP contribution in [-0.2, 0) is 6.42 Å². The van der Waals surface area contributed by atoms with Crippen LogP contribution in [0.25, 0.3) is 0 Å². The predicted octanol–water partition coefficient (Wildman–Crippen LogP) is 6.73. The van der Waals surface area contributed by atoms with Crippen molar-refractivity contribution >= 4 is 33.7 Å². The normalized spacial score (nSPS) is 12.1. The van der Waals surface area contributed by atoms with Crippen LogP contribution < -0.4 is 5.73 Å². The molecule has 0 aliphatic rings. The second-order valence-corrected chi connectivity index (χ2v) is 8.09. The Morgan fingerprint density at radius 2 is 1.81 bits per heavy atom. The van der Waals surface area contributed by atoms with E-state index in [2.05, 4.69) is 37.3 Å². The highest BCUT2D eigenvalue weighted by atomic mass is 35.5. The first-order chi connectivity index (χ1) is 13.1. The van der Waals surface area contributed by atoms with Gasteiger partial charge in [0, 0.05) is 10.6 Å². The molecule has 0 aliphatic heterocycles. The van der Waals surface area contributed by atoms with E-state index in [9.17, 15) is 4.79 Å². The molecule has 0 spiro atoms. The van der Waals surface area contributed by atoms with Crippen molar-refractivity contribution in [2.75, 3.05) is 5.73 Å². The number of rotatable bonds is 8. The number of aryl methyl sites for hydroxylation is 1. The molecule has 0 radical (unpaired) electrons. The Hall–Kier alpha value is -2.10. The number of nitrogen functional groups attached to an aromatic ring is 1. The van der Waals surface area contributed by atoms with E-state index in [0.717, 1.165) is 31.2 Å². The van der Waals surface area contributed by atoms with Crippen molar-refractivity contribution in [2.45, 2.75) is 38.5 Å². The van der Waals surface area contributed by atoms with E-state index in [4.69, 9.17) is 17.3 Å². The van der Waals surface area contributed by atoms with Gasteiger partial charge in [-0.2, -0.15) is 0 Å². The third-order valence-corrected chi connectivity index (χ3v) is 6.10. The predicted molar refractivity (Wildman–Crippen MR) is 116 cm³/mol. The van der Waals surface area contributed by atoms with E-state index in [0.29, 0.717) is 27.1 Å². The third-order valence-electron chi connectivity index (χ3n) is 4.99. The molecule has 0 saturated heterocycles. The zero-order chi connectivity index (χ0) is 19.2. The summed E-state index contributed by atoms with van der Waals surface area (Å²) in [7, 11) is 0. The minimum atomic E-state index is -0.0180. The lowest BCUT2D eigenvalue weighted by Gasteiger charge is -2.15. The Balaban J connectivity index is 1.69. The van der Waals surface area contributed by atoms with Gasteiger partial charge in [-0.05, 0) is 72.4 Å². The van der Waals surface area contributed by atoms with Crippen LogP contribution in [0.5, 0.6) is 0 Å². The molecule has 0 saturated carbocycles. The molecular formula is C23H24ClNOS. The summed E-state index contributed by atoms with van der Waals surface area (Å²) in [6.45, 7) is 2.23. The van der Waals surface area contributed by atoms with Crippen LogP contribution in [0, 0.1) is 0 Å². The summed E-state index contributed by atoms with van der Waals surface area (Å²) >= 11 is 7.38. The summed E-state index contributed by atoms with van der Waals surface area (Å²) in [4.78, 5) is 12.9. The fourth-order valence-corrected chi connectivity index (χ4v) is 4.44. The molecule has 3 aromatic rings. The highest BCUT2D eigenvalue weighted by molar-refractivity contribution is 7.14. The molecule has 2 N–H and O–H groups in total. The lowest BCUT2D eigenvalue weighted by atomic mass is 9.90. The van der Waals surface area contributed by atoms with Crippen molar-refractivity contribution in [1.29, 1.82) is 0 Å². The Morgan fingerprint density at radius 3 is 2.48 bits per heavy atom. The molecule has 1 unspecified atom stereocenters. The van der Waals surface area contributed by atoms with Crippen molar-refractivity contribution < 1.29 is 4.79 Å². The summed E-state index contributed by atoms with van der Waals surface area (Å²) in [5, 5.41) is 3.25. The average Bonchev–Trinajstić information content (AvgIpc) is 3.06. The van der Waals surface area contributed by atoms with Gasteiger partial charge in [0.2, 0.25) is 0 Å². The first-order valence-corrected chi connectivity index (χ1v) is 10.6. The van der Waals surface area contributed by atoms with Gasteiger partial charge in [-0.15, -0.1) is 11.3 Å². The summed E-state index contributed by atoms with van der Waals surface area (Å²) in [5.41, 5.74) is 9.87. The van der Waals surface area contributed by atoms with Crippen molar-refractivity contribution in [3.8, 4) is 0 Å². The molecule has 3 rings (SSSR count). The van der Waals surface area contributed by atoms with Crippen LogP contribution >= 0.6 is 22.9 Å². The molecule has 1 heterocycles. The molecule has 0 amide bonds. The standard InChI is InChI=1S/C23H24ClNOS/c1-2-16(17-7-4-3-5-8-17)9-6-10-19-15-27-23(25)21(19)22(26)18-11-13-20(24)14-12-18/h3-5,7-8,11-16H,2,6,9-10,25H2,1H3. The molecule has 0 aliphatic carbocycles. The largest absolute Gasteiger partial charge is 0.390 e. The van der Waals surface area contributed by atoms with E-state index in [1.165, 1.54) is 16.9 Å². The monoisotopic (exact) mass is 397 g/mol. The van der Waals surface area contributed by atoms with Crippen molar-refractivity contribution in [2.24, 2.45) is 0 Å². The van der Waals surface area contributed by atoms with Gasteiger partial charge in [-0.25, -0.2) is 0 Å². The molecule has 0 fully saturated rings. The van der Waals surface area contributed by atoms with Gasteiger partial charge < -0.3 is 5.73 Å². The summed E-state index contributed by atoms with van der Waals surface area (Å²) in [5.74, 6) is 0.535. The van der Waals surface area contributed by atoms with Crippen molar-refractivity contribution in [3.05, 3.63) is 87.3 Å². The number of hydrogen-bond acceptors (Lipinski definition) is 3. The number of carbonyl (C=O) groups is 1.